The second kappa shape index (κ2) is 10.7. The minimum absolute atomic E-state index is 0.0432. The molecule has 0 aliphatic carbocycles. The number of aromatic carboxylic acids is 1. The number of carboxylic acid groups (broad SMARTS) is 1. The van der Waals surface area contributed by atoms with E-state index < -0.39 is 58.6 Å². The van der Waals surface area contributed by atoms with Crippen LogP contribution >= 0.6 is 0 Å². The number of fused-ring (bicyclic) bond motifs is 2. The Bertz CT molecular complexity index is 1640. The van der Waals surface area contributed by atoms with Gasteiger partial charge in [-0.05, 0) is 49.1 Å². The summed E-state index contributed by atoms with van der Waals surface area (Å²) in [6.07, 6.45) is 0.203. The van der Waals surface area contributed by atoms with Crippen LogP contribution in [0, 0.1) is 5.82 Å². The Kier molecular flexibility index (Phi) is 7.24. The first kappa shape index (κ1) is 27.8. The predicted octanol–water partition coefficient (Wildman–Crippen LogP) is 3.22. The van der Waals surface area contributed by atoms with E-state index in [1.165, 1.54) is 14.4 Å². The number of rotatable bonds is 7. The fourth-order valence-electron chi connectivity index (χ4n) is 5.31. The van der Waals surface area contributed by atoms with Gasteiger partial charge in [0.2, 0.25) is 5.43 Å². The lowest BCUT2D eigenvalue weighted by Crippen LogP contribution is -2.32. The highest BCUT2D eigenvalue weighted by Crippen LogP contribution is 2.41. The number of alkyl halides is 2. The summed E-state index contributed by atoms with van der Waals surface area (Å²) in [6, 6.07) is 5.94. The molecule has 1 atom stereocenters. The van der Waals surface area contributed by atoms with Gasteiger partial charge in [0.1, 0.15) is 11.3 Å². The maximum absolute atomic E-state index is 15.7. The van der Waals surface area contributed by atoms with Gasteiger partial charge in [-0.15, -0.1) is 0 Å². The zero-order valence-corrected chi connectivity index (χ0v) is 21.7. The number of cyclic esters (lactones) is 1. The summed E-state index contributed by atoms with van der Waals surface area (Å²) in [5.74, 6) is -3.88. The van der Waals surface area contributed by atoms with Crippen LogP contribution in [-0.2, 0) is 29.0 Å². The number of amides is 2. The average molecular weight is 575 g/mol. The maximum Gasteiger partial charge on any atom is 0.415 e. The molecule has 41 heavy (non-hydrogen) atoms. The number of anilines is 2. The quantitative estimate of drug-likeness (QED) is 0.438. The molecule has 216 valence electrons. The molecule has 3 N–H and O–H groups in total. The molecule has 1 saturated heterocycles. The second-order valence-electron chi connectivity index (χ2n) is 9.64. The number of ether oxygens (including phenoxy) is 2. The molecule has 11 nitrogen and oxygen atoms in total. The summed E-state index contributed by atoms with van der Waals surface area (Å²) in [5, 5.41) is 9.04. The van der Waals surface area contributed by atoms with E-state index in [1.54, 1.807) is 25.1 Å². The Labute approximate surface area is 230 Å². The van der Waals surface area contributed by atoms with E-state index in [1.807, 2.05) is 0 Å². The lowest BCUT2D eigenvalue weighted by atomic mass is 10.0. The third kappa shape index (κ3) is 5.00. The molecule has 14 heteroatoms. The van der Waals surface area contributed by atoms with E-state index in [0.29, 0.717) is 18.5 Å². The molecule has 1 aromatic heterocycles. The van der Waals surface area contributed by atoms with Gasteiger partial charge in [-0.1, -0.05) is 6.07 Å². The number of pyridine rings is 1. The van der Waals surface area contributed by atoms with Crippen molar-refractivity contribution in [1.82, 2.24) is 4.57 Å². The molecule has 2 aliphatic rings. The van der Waals surface area contributed by atoms with E-state index in [9.17, 15) is 33.1 Å². The molecule has 5 rings (SSSR count). The molecule has 1 fully saturated rings. The van der Waals surface area contributed by atoms with Crippen LogP contribution in [0.25, 0.3) is 10.9 Å². The largest absolute Gasteiger partial charge is 0.477 e. The highest BCUT2D eigenvalue weighted by Gasteiger charge is 2.36. The Morgan fingerprint density at radius 1 is 1.22 bits per heavy atom. The van der Waals surface area contributed by atoms with Crippen LogP contribution in [0.5, 0.6) is 5.75 Å². The van der Waals surface area contributed by atoms with Crippen molar-refractivity contribution in [2.45, 2.75) is 45.6 Å². The zero-order valence-electron chi connectivity index (χ0n) is 21.7. The molecule has 0 bridgehead atoms. The van der Waals surface area contributed by atoms with E-state index >= 15 is 4.39 Å². The topological polar surface area (TPSA) is 144 Å². The van der Waals surface area contributed by atoms with Crippen molar-refractivity contribution in [3.8, 4) is 5.75 Å². The number of halogens is 3. The van der Waals surface area contributed by atoms with E-state index in [4.69, 9.17) is 15.2 Å². The van der Waals surface area contributed by atoms with Crippen LogP contribution in [0.4, 0.5) is 29.3 Å². The fourth-order valence-corrected chi connectivity index (χ4v) is 5.31. The van der Waals surface area contributed by atoms with Crippen LogP contribution in [0.15, 0.2) is 35.3 Å². The number of hydrogen-bond donors (Lipinski definition) is 2. The van der Waals surface area contributed by atoms with Crippen molar-refractivity contribution < 1.29 is 42.1 Å². The fraction of sp³-hybridized carbons (Fsp3) is 0.333. The monoisotopic (exact) mass is 574 g/mol. The number of primary amides is 1. The summed E-state index contributed by atoms with van der Waals surface area (Å²) in [4.78, 5) is 51.0. The minimum Gasteiger partial charge on any atom is -0.477 e. The Morgan fingerprint density at radius 2 is 1.98 bits per heavy atom. The van der Waals surface area contributed by atoms with Gasteiger partial charge in [-0.2, -0.15) is 8.78 Å². The molecule has 0 radical (unpaired) electrons. The van der Waals surface area contributed by atoms with E-state index in [0.717, 1.165) is 23.4 Å². The van der Waals surface area contributed by atoms with Gasteiger partial charge in [0, 0.05) is 31.5 Å². The normalized spacial score (nSPS) is 17.0. The van der Waals surface area contributed by atoms with Crippen LogP contribution in [-0.4, -0.2) is 53.4 Å². The van der Waals surface area contributed by atoms with Crippen molar-refractivity contribution in [3.05, 3.63) is 63.2 Å². The highest BCUT2D eigenvalue weighted by molar-refractivity contribution is 5.97. The number of nitrogens with zero attached hydrogens (tertiary/aromatic N) is 3. The van der Waals surface area contributed by atoms with Gasteiger partial charge in [0.15, 0.2) is 17.7 Å². The SMILES string of the molecule is CCn1cc(C(=O)O)c(=O)c2cc(F)c(N3CCCc4cc(N5C[C@H](C(N)=O)OC5=O)ccc4C3)c(OC(F)F)c21. The smallest absolute Gasteiger partial charge is 0.415 e. The third-order valence-electron chi connectivity index (χ3n) is 7.20. The van der Waals surface area contributed by atoms with Gasteiger partial charge in [0.25, 0.3) is 5.91 Å². The molecule has 0 spiro atoms. The number of benzene rings is 2. The predicted molar refractivity (Wildman–Crippen MR) is 140 cm³/mol. The van der Waals surface area contributed by atoms with Crippen LogP contribution < -0.4 is 25.7 Å². The lowest BCUT2D eigenvalue weighted by Gasteiger charge is -2.28. The summed E-state index contributed by atoms with van der Waals surface area (Å²) < 4.78 is 54.2. The zero-order chi connectivity index (χ0) is 29.6. The summed E-state index contributed by atoms with van der Waals surface area (Å²) in [5.41, 5.74) is 5.20. The average Bonchev–Trinajstić information content (AvgIpc) is 3.18. The highest BCUT2D eigenvalue weighted by atomic mass is 19.3. The molecule has 3 aromatic rings. The van der Waals surface area contributed by atoms with Gasteiger partial charge in [-0.25, -0.2) is 14.0 Å². The molecule has 2 amide bonds. The van der Waals surface area contributed by atoms with Gasteiger partial charge >= 0.3 is 18.7 Å². The Hall–Kier alpha value is -4.75. The van der Waals surface area contributed by atoms with Gasteiger partial charge in [0.05, 0.1) is 17.4 Å². The number of aryl methyl sites for hydroxylation is 2. The maximum atomic E-state index is 15.7. The van der Waals surface area contributed by atoms with Gasteiger partial charge in [-0.3, -0.25) is 14.5 Å². The van der Waals surface area contributed by atoms with Crippen molar-refractivity contribution in [1.29, 1.82) is 0 Å². The van der Waals surface area contributed by atoms with Gasteiger partial charge < -0.3 is 29.8 Å². The number of hydrogen-bond acceptors (Lipinski definition) is 7. The summed E-state index contributed by atoms with van der Waals surface area (Å²) in [7, 11) is 0. The first-order chi connectivity index (χ1) is 19.5. The van der Waals surface area contributed by atoms with E-state index in [-0.39, 0.29) is 37.4 Å². The second-order valence-corrected chi connectivity index (χ2v) is 9.64. The third-order valence-corrected chi connectivity index (χ3v) is 7.20. The van der Waals surface area contributed by atoms with Crippen molar-refractivity contribution in [2.75, 3.05) is 22.9 Å². The molecular formula is C27H25F3N4O7. The van der Waals surface area contributed by atoms with Crippen LogP contribution in [0.1, 0.15) is 34.8 Å². The first-order valence-corrected chi connectivity index (χ1v) is 12.7. The summed E-state index contributed by atoms with van der Waals surface area (Å²) in [6.45, 7) is -1.39. The molecule has 0 saturated carbocycles. The number of carboxylic acids is 1. The number of nitrogens with two attached hydrogens (primary N) is 1. The molecule has 2 aliphatic heterocycles. The van der Waals surface area contributed by atoms with Crippen molar-refractivity contribution in [3.63, 3.8) is 0 Å². The van der Waals surface area contributed by atoms with E-state index in [2.05, 4.69) is 0 Å². The number of carbonyl (C=O) groups is 3. The molecule has 0 unspecified atom stereocenters. The molecule has 3 heterocycles. The van der Waals surface area contributed by atoms with Crippen molar-refractivity contribution >= 4 is 40.2 Å². The minimum atomic E-state index is -3.36. The standard InChI is InChI=1S/C27H25F3N4O7/c1-2-32-11-17(25(37)38)22(35)16-9-18(28)21(23(20(16)32)41-26(29)30)33-7-3-4-13-8-15(6-5-14(13)10-33)34-12-19(24(31)36)40-27(34)39/h5-6,8-9,11,19,26H,2-4,7,10,12H2,1H3,(H2,31,36)(H,37,38)/t19-/m1/s1. The lowest BCUT2D eigenvalue weighted by molar-refractivity contribution is -0.124. The van der Waals surface area contributed by atoms with Crippen molar-refractivity contribution in [2.24, 2.45) is 5.73 Å². The molecular weight excluding hydrogens is 549 g/mol. The number of aromatic nitrogens is 1. The Balaban J connectivity index is 1.59. The Morgan fingerprint density at radius 3 is 2.61 bits per heavy atom. The van der Waals surface area contributed by atoms with Crippen LogP contribution in [0.2, 0.25) is 0 Å². The first-order valence-electron chi connectivity index (χ1n) is 12.7. The van der Waals surface area contributed by atoms with Crippen LogP contribution in [0.3, 0.4) is 0 Å². The number of carbonyl (C=O) groups excluding carboxylic acids is 2. The summed E-state index contributed by atoms with van der Waals surface area (Å²) >= 11 is 0. The molecule has 2 aromatic carbocycles.